The molecule has 3 amide bonds. The van der Waals surface area contributed by atoms with E-state index in [1.165, 1.54) is 43.5 Å². The van der Waals surface area contributed by atoms with Gasteiger partial charge in [0.2, 0.25) is 6.20 Å². The molecule has 1 aromatic carbocycles. The molecule has 53 heavy (non-hydrogen) atoms. The Morgan fingerprint density at radius 1 is 1.25 bits per heavy atom. The van der Waals surface area contributed by atoms with Gasteiger partial charge in [-0.1, -0.05) is 5.16 Å². The predicted molar refractivity (Wildman–Crippen MR) is 186 cm³/mol. The van der Waals surface area contributed by atoms with E-state index in [0.29, 0.717) is 35.3 Å². The Hall–Kier alpha value is -5.20. The lowest BCUT2D eigenvalue weighted by molar-refractivity contribution is -0.781. The third kappa shape index (κ3) is 9.62. The van der Waals surface area contributed by atoms with Gasteiger partial charge in [-0.3, -0.25) is 18.9 Å². The number of nitrogens with zero attached hydrogens (tertiary/aromatic N) is 5. The van der Waals surface area contributed by atoms with Crippen LogP contribution in [0, 0.1) is 5.92 Å². The third-order valence-electron chi connectivity index (χ3n) is 8.23. The molecule has 2 aliphatic heterocycles. The molecule has 1 unspecified atom stereocenters. The zero-order chi connectivity index (χ0) is 38.5. The van der Waals surface area contributed by atoms with E-state index in [1.807, 2.05) is 17.1 Å². The summed E-state index contributed by atoms with van der Waals surface area (Å²) < 4.78 is 45.2. The van der Waals surface area contributed by atoms with Gasteiger partial charge >= 0.3 is 16.4 Å². The highest BCUT2D eigenvalue weighted by Crippen LogP contribution is 2.33. The number of oxime groups is 1. The molecule has 23 heteroatoms. The topological polar surface area (TPSA) is 296 Å². The quantitative estimate of drug-likeness (QED) is 0.0260. The molecule has 3 aromatic rings. The molecule has 2 saturated heterocycles. The van der Waals surface area contributed by atoms with Gasteiger partial charge in [0, 0.05) is 30.0 Å². The fourth-order valence-electron chi connectivity index (χ4n) is 5.27. The number of nitrogens with one attached hydrogen (secondary N) is 3. The van der Waals surface area contributed by atoms with E-state index in [0.717, 1.165) is 37.4 Å². The summed E-state index contributed by atoms with van der Waals surface area (Å²) in [5, 5.41) is 23.7. The molecule has 2 atom stereocenters. The number of nitrogen functional groups attached to an aromatic ring is 1. The Morgan fingerprint density at radius 3 is 2.53 bits per heavy atom. The fraction of sp³-hybridized carbons (Fsp3) is 0.433. The maximum atomic E-state index is 13.3. The summed E-state index contributed by atoms with van der Waals surface area (Å²) >= 11 is 0.939. The molecule has 286 valence electrons. The van der Waals surface area contributed by atoms with E-state index in [2.05, 4.69) is 35.1 Å². The van der Waals surface area contributed by atoms with Crippen LogP contribution in [0.4, 0.5) is 10.8 Å². The van der Waals surface area contributed by atoms with Gasteiger partial charge in [-0.25, -0.2) is 9.78 Å². The maximum absolute atomic E-state index is 13.3. The van der Waals surface area contributed by atoms with E-state index < -0.39 is 58.2 Å². The van der Waals surface area contributed by atoms with Gasteiger partial charge in [-0.15, -0.1) is 20.3 Å². The van der Waals surface area contributed by atoms with Crippen LogP contribution in [0.2, 0.25) is 0 Å². The van der Waals surface area contributed by atoms with E-state index >= 15 is 0 Å². The Labute approximate surface area is 306 Å². The zero-order valence-corrected chi connectivity index (χ0v) is 30.1. The molecule has 0 radical (unpaired) electrons. The number of carbonyl (C=O) groups is 4. The van der Waals surface area contributed by atoms with Crippen LogP contribution in [0.25, 0.3) is 0 Å². The number of carbonyl (C=O) groups excluding carboxylic acids is 3. The van der Waals surface area contributed by atoms with Crippen molar-refractivity contribution >= 4 is 62.0 Å². The van der Waals surface area contributed by atoms with Crippen LogP contribution >= 0.6 is 11.3 Å². The largest absolute Gasteiger partial charge is 0.489 e. The molecule has 2 aliphatic rings. The Kier molecular flexibility index (Phi) is 11.9. The molecule has 0 spiro atoms. The number of anilines is 2. The lowest BCUT2D eigenvalue weighted by atomic mass is 9.84. The second-order valence-corrected chi connectivity index (χ2v) is 14.5. The lowest BCUT2D eigenvalue weighted by Crippen LogP contribution is -2.76. The van der Waals surface area contributed by atoms with Gasteiger partial charge in [0.1, 0.15) is 29.8 Å². The number of ether oxygens (including phenoxy) is 1. The molecule has 21 nitrogen and oxygen atoms in total. The first-order chi connectivity index (χ1) is 25.0. The number of benzene rings is 1. The molecule has 0 saturated carbocycles. The second kappa shape index (κ2) is 16.2. The number of rotatable bonds is 18. The number of β-lactam (4-membered cyclic amide) rings is 1. The summed E-state index contributed by atoms with van der Waals surface area (Å²) in [6.45, 7) is 6.02. The van der Waals surface area contributed by atoms with Crippen molar-refractivity contribution in [2.75, 3.05) is 37.3 Å². The van der Waals surface area contributed by atoms with E-state index in [9.17, 15) is 32.7 Å². The monoisotopic (exact) mass is 779 g/mol. The van der Waals surface area contributed by atoms with Crippen molar-refractivity contribution in [2.24, 2.45) is 16.8 Å². The number of aromatic nitrogens is 3. The van der Waals surface area contributed by atoms with Crippen LogP contribution in [0.3, 0.4) is 0 Å². The van der Waals surface area contributed by atoms with Crippen molar-refractivity contribution in [1.82, 2.24) is 25.4 Å². The van der Waals surface area contributed by atoms with Crippen LogP contribution in [0.15, 0.2) is 47.2 Å². The Morgan fingerprint density at radius 2 is 1.96 bits per heavy atom. The number of hydroxylamine groups is 2. The van der Waals surface area contributed by atoms with Crippen LogP contribution in [-0.4, -0.2) is 106 Å². The maximum Gasteiger partial charge on any atom is 0.418 e. The average Bonchev–Trinajstić information content (AvgIpc) is 3.68. The minimum Gasteiger partial charge on any atom is -0.489 e. The molecular formula is C30H39N10O11S2+. The van der Waals surface area contributed by atoms with Gasteiger partial charge in [0.25, 0.3) is 23.8 Å². The van der Waals surface area contributed by atoms with E-state index in [1.54, 1.807) is 0 Å². The number of hydrogen-bond donors (Lipinski definition) is 7. The van der Waals surface area contributed by atoms with E-state index in [4.69, 9.17) is 25.6 Å². The van der Waals surface area contributed by atoms with Gasteiger partial charge in [-0.2, -0.15) is 18.2 Å². The van der Waals surface area contributed by atoms with Crippen LogP contribution in [0.5, 0.6) is 5.75 Å². The number of hydrogen-bond acceptors (Lipinski definition) is 15. The normalized spacial score (nSPS) is 17.7. The molecule has 2 aromatic heterocycles. The standard InChI is InChI=1S/C30H38N10O11S2/c1-30(2)24(27(43)40(30)51-53(46,47)48)36-26(42)23(21-16-52-29(32)35-21)37-50-22(28(44)45)15-49-20-6-4-18(5-7-20)25(41)34-19-13-38(9-3-8-31)39(14-19)12-17-10-33-11-17/h4-7,13-14,16-17,22,24,33H,3,8-12,15,31H2,1-2H3,(H5-,32,34,35,36,41,42,44,45,46,47,48)/p+1/b37-23-/t22?,24-/m1/s1. The molecule has 0 bridgehead atoms. The van der Waals surface area contributed by atoms with Crippen molar-refractivity contribution in [1.29, 1.82) is 0 Å². The first kappa shape index (κ1) is 39.0. The average molecular weight is 780 g/mol. The van der Waals surface area contributed by atoms with Crippen molar-refractivity contribution in [3.8, 4) is 5.75 Å². The van der Waals surface area contributed by atoms with Gasteiger partial charge < -0.3 is 42.1 Å². The minimum atomic E-state index is -5.04. The summed E-state index contributed by atoms with van der Waals surface area (Å²) in [6, 6.07) is 4.58. The summed E-state index contributed by atoms with van der Waals surface area (Å²) in [5.74, 6) is -3.23. The molecule has 9 N–H and O–H groups in total. The summed E-state index contributed by atoms with van der Waals surface area (Å²) in [4.78, 5) is 60.0. The summed E-state index contributed by atoms with van der Waals surface area (Å²) in [7, 11) is -5.04. The van der Waals surface area contributed by atoms with Crippen LogP contribution < -0.4 is 36.8 Å². The number of amides is 3. The number of aryl methyl sites for hydroxylation is 1. The predicted octanol–water partition coefficient (Wildman–Crippen LogP) is -1.27. The fourth-order valence-corrected chi connectivity index (χ4v) is 6.28. The highest BCUT2D eigenvalue weighted by atomic mass is 32.3. The van der Waals surface area contributed by atoms with E-state index in [-0.39, 0.29) is 22.5 Å². The zero-order valence-electron chi connectivity index (χ0n) is 28.5. The number of aliphatic carboxylic acids is 1. The van der Waals surface area contributed by atoms with Crippen molar-refractivity contribution < 1.29 is 55.8 Å². The molecular weight excluding hydrogens is 741 g/mol. The molecule has 0 aliphatic carbocycles. The number of carboxylic acid groups (broad SMARTS) is 1. The third-order valence-corrected chi connectivity index (χ3v) is 9.24. The lowest BCUT2D eigenvalue weighted by Gasteiger charge is -2.50. The Balaban J connectivity index is 1.21. The first-order valence-corrected chi connectivity index (χ1v) is 18.3. The number of nitrogens with two attached hydrogens (primary N) is 2. The number of carboxylic acids is 1. The van der Waals surface area contributed by atoms with Crippen molar-refractivity contribution in [2.45, 2.75) is 51.0 Å². The van der Waals surface area contributed by atoms with Crippen molar-refractivity contribution in [3.05, 3.63) is 53.3 Å². The smallest absolute Gasteiger partial charge is 0.418 e. The first-order valence-electron chi connectivity index (χ1n) is 16.1. The second-order valence-electron chi connectivity index (χ2n) is 12.6. The van der Waals surface area contributed by atoms with Gasteiger partial charge in [0.15, 0.2) is 17.4 Å². The molecule has 5 rings (SSSR count). The highest BCUT2D eigenvalue weighted by molar-refractivity contribution is 7.80. The SMILES string of the molecule is CC1(C)[C@H](NC(=O)/C(=N\OC(COc2ccc(C(=O)Nc3cn(CCCN)[n+](CC4CNC4)c3)cc2)C(=O)O)c2csc(N)n2)C(=O)N1OS(=O)(=O)O. The molecule has 2 fully saturated rings. The summed E-state index contributed by atoms with van der Waals surface area (Å²) in [6.07, 6.45) is 2.77. The van der Waals surface area contributed by atoms with Crippen LogP contribution in [-0.2, 0) is 47.0 Å². The minimum absolute atomic E-state index is 0.0368. The van der Waals surface area contributed by atoms with Gasteiger partial charge in [0.05, 0.1) is 18.3 Å². The van der Waals surface area contributed by atoms with Gasteiger partial charge in [-0.05, 0) is 51.1 Å². The molecule has 4 heterocycles. The Bertz CT molecular complexity index is 1980. The van der Waals surface area contributed by atoms with Crippen molar-refractivity contribution in [3.63, 3.8) is 0 Å². The van der Waals surface area contributed by atoms with Crippen LogP contribution in [0.1, 0.15) is 36.3 Å². The highest BCUT2D eigenvalue weighted by Gasteiger charge is 2.58. The number of thiazole rings is 1. The summed E-state index contributed by atoms with van der Waals surface area (Å²) in [5.41, 5.74) is 10.2.